The van der Waals surface area contributed by atoms with Crippen molar-refractivity contribution in [3.05, 3.63) is 59.7 Å². The fraction of sp³-hybridized carbons (Fsp3) is 0.292. The van der Waals surface area contributed by atoms with Gasteiger partial charge < -0.3 is 30.7 Å². The van der Waals surface area contributed by atoms with Gasteiger partial charge in [0.2, 0.25) is 0 Å². The highest BCUT2D eigenvalue weighted by Crippen LogP contribution is 2.43. The number of phenolic OH excluding ortho intramolecular Hbond substituents is 1. The summed E-state index contributed by atoms with van der Waals surface area (Å²) in [6.45, 7) is -0.496. The number of carbonyl (C=O) groups is 1. The van der Waals surface area contributed by atoms with E-state index in [0.29, 0.717) is 16.8 Å². The molecule has 2 aromatic carbocycles. The number of carbonyl (C=O) groups excluding carboxylic acids is 1. The topological polar surface area (TPSA) is 140 Å². The fourth-order valence-corrected chi connectivity index (χ4v) is 3.70. The predicted molar refractivity (Wildman–Crippen MR) is 123 cm³/mol. The number of nitrogen functional groups attached to an aromatic ring is 1. The summed E-state index contributed by atoms with van der Waals surface area (Å²) in [5.74, 6) is -1.10. The van der Waals surface area contributed by atoms with Crippen molar-refractivity contribution >= 4 is 17.4 Å². The first kappa shape index (κ1) is 23.4. The Kier molecular flexibility index (Phi) is 6.90. The Morgan fingerprint density at radius 1 is 1.26 bits per heavy atom. The van der Waals surface area contributed by atoms with E-state index >= 15 is 4.39 Å². The van der Waals surface area contributed by atoms with Crippen LogP contribution < -0.4 is 15.8 Å². The number of rotatable bonds is 8. The van der Waals surface area contributed by atoms with Crippen molar-refractivity contribution in [3.63, 3.8) is 0 Å². The molecule has 1 aliphatic carbocycles. The van der Waals surface area contributed by atoms with Crippen molar-refractivity contribution in [2.24, 2.45) is 0 Å². The number of halogens is 1. The van der Waals surface area contributed by atoms with Crippen LogP contribution in [0.4, 0.5) is 15.9 Å². The summed E-state index contributed by atoms with van der Waals surface area (Å²) in [4.78, 5) is 20.6. The lowest BCUT2D eigenvalue weighted by Gasteiger charge is -2.28. The quantitative estimate of drug-likeness (QED) is 0.291. The molecule has 1 saturated carbocycles. The zero-order valence-electron chi connectivity index (χ0n) is 18.5. The molecule has 1 unspecified atom stereocenters. The third kappa shape index (κ3) is 4.92. The summed E-state index contributed by atoms with van der Waals surface area (Å²) >= 11 is 0. The number of aliphatic hydroxyl groups is 1. The Bertz CT molecular complexity index is 1180. The monoisotopic (exact) mass is 468 g/mol. The molecular weight excluding hydrogens is 443 g/mol. The molecule has 9 nitrogen and oxygen atoms in total. The van der Waals surface area contributed by atoms with E-state index in [-0.39, 0.29) is 34.5 Å². The van der Waals surface area contributed by atoms with Crippen LogP contribution in [0.1, 0.15) is 42.6 Å². The summed E-state index contributed by atoms with van der Waals surface area (Å²) in [7, 11) is 1.32. The highest BCUT2D eigenvalue weighted by Gasteiger charge is 2.27. The second kappa shape index (κ2) is 10.0. The maximum Gasteiger partial charge on any atom is 0.262 e. The molecule has 1 atom stereocenters. The summed E-state index contributed by atoms with van der Waals surface area (Å²) in [5, 5.41) is 22.4. The van der Waals surface area contributed by atoms with Gasteiger partial charge in [-0.2, -0.15) is 0 Å². The van der Waals surface area contributed by atoms with E-state index in [2.05, 4.69) is 15.3 Å². The van der Waals surface area contributed by atoms with E-state index in [9.17, 15) is 15.0 Å². The van der Waals surface area contributed by atoms with Crippen molar-refractivity contribution < 1.29 is 28.9 Å². The Hall–Kier alpha value is -3.76. The first-order valence-electron chi connectivity index (χ1n) is 10.7. The molecule has 10 heteroatoms. The molecule has 178 valence electrons. The number of ether oxygens (including phenoxy) is 2. The van der Waals surface area contributed by atoms with Crippen LogP contribution in [0.15, 0.2) is 42.7 Å². The number of hydrogen-bond donors (Lipinski definition) is 4. The van der Waals surface area contributed by atoms with Crippen LogP contribution >= 0.6 is 0 Å². The molecule has 34 heavy (non-hydrogen) atoms. The number of methoxy groups -OCH3 is 1. The Morgan fingerprint density at radius 3 is 2.71 bits per heavy atom. The molecule has 4 rings (SSSR count). The highest BCUT2D eigenvalue weighted by atomic mass is 19.1. The number of nitrogens with zero attached hydrogens (tertiary/aromatic N) is 2. The second-order valence-corrected chi connectivity index (χ2v) is 8.00. The van der Waals surface area contributed by atoms with Gasteiger partial charge in [-0.1, -0.05) is 18.6 Å². The first-order chi connectivity index (χ1) is 16.4. The maximum atomic E-state index is 15.5. The van der Waals surface area contributed by atoms with Crippen LogP contribution in [0, 0.1) is 5.82 Å². The van der Waals surface area contributed by atoms with Gasteiger partial charge in [-0.25, -0.2) is 9.37 Å². The van der Waals surface area contributed by atoms with Gasteiger partial charge in [-0.05, 0) is 37.0 Å². The van der Waals surface area contributed by atoms with Gasteiger partial charge in [-0.3, -0.25) is 9.78 Å². The molecule has 1 aromatic heterocycles. The second-order valence-electron chi connectivity index (χ2n) is 8.00. The van der Waals surface area contributed by atoms with Crippen LogP contribution in [-0.2, 0) is 9.53 Å². The van der Waals surface area contributed by atoms with Crippen molar-refractivity contribution in [2.75, 3.05) is 24.8 Å². The van der Waals surface area contributed by atoms with Crippen LogP contribution in [-0.4, -0.2) is 39.8 Å². The largest absolute Gasteiger partial charge is 0.506 e. The van der Waals surface area contributed by atoms with Gasteiger partial charge >= 0.3 is 0 Å². The number of nitrogens with one attached hydrogen (secondary N) is 1. The van der Waals surface area contributed by atoms with E-state index in [0.717, 1.165) is 19.3 Å². The molecule has 5 N–H and O–H groups in total. The predicted octanol–water partition coefficient (Wildman–Crippen LogP) is 3.49. The molecule has 1 amide bonds. The van der Waals surface area contributed by atoms with Gasteiger partial charge in [0.05, 0.1) is 23.8 Å². The summed E-state index contributed by atoms with van der Waals surface area (Å²) in [6, 6.07) is 7.57. The third-order valence-electron chi connectivity index (χ3n) is 5.77. The number of aromatic hydroxyl groups is 1. The third-order valence-corrected chi connectivity index (χ3v) is 5.77. The van der Waals surface area contributed by atoms with Crippen LogP contribution in [0.3, 0.4) is 0 Å². The molecule has 1 aliphatic rings. The number of nitrogens with two attached hydrogens (primary N) is 1. The van der Waals surface area contributed by atoms with Crippen molar-refractivity contribution in [1.29, 1.82) is 0 Å². The summed E-state index contributed by atoms with van der Waals surface area (Å²) in [5.41, 5.74) is 7.15. The number of amides is 1. The molecule has 0 radical (unpaired) electrons. The summed E-state index contributed by atoms with van der Waals surface area (Å²) < 4.78 is 26.0. The van der Waals surface area contributed by atoms with Crippen molar-refractivity contribution in [1.82, 2.24) is 9.97 Å². The van der Waals surface area contributed by atoms with E-state index in [1.807, 2.05) is 0 Å². The van der Waals surface area contributed by atoms with Crippen molar-refractivity contribution in [2.45, 2.75) is 31.5 Å². The average Bonchev–Trinajstić information content (AvgIpc) is 2.79. The number of aliphatic hydroxyl groups excluding tert-OH is 1. The van der Waals surface area contributed by atoms with Gasteiger partial charge in [0.25, 0.3) is 5.91 Å². The number of aromatic nitrogens is 2. The molecule has 1 heterocycles. The maximum absolute atomic E-state index is 15.5. The van der Waals surface area contributed by atoms with E-state index in [4.69, 9.17) is 15.2 Å². The number of benzene rings is 2. The van der Waals surface area contributed by atoms with E-state index in [1.165, 1.54) is 37.7 Å². The number of hydrogen-bond acceptors (Lipinski definition) is 8. The van der Waals surface area contributed by atoms with E-state index in [1.54, 1.807) is 12.1 Å². The summed E-state index contributed by atoms with van der Waals surface area (Å²) in [6.07, 6.45) is 4.35. The van der Waals surface area contributed by atoms with Crippen molar-refractivity contribution in [3.8, 4) is 22.8 Å². The zero-order chi connectivity index (χ0) is 24.2. The minimum Gasteiger partial charge on any atom is -0.506 e. The smallest absolute Gasteiger partial charge is 0.262 e. The van der Waals surface area contributed by atoms with Crippen LogP contribution in [0.25, 0.3) is 11.3 Å². The van der Waals surface area contributed by atoms with Crippen LogP contribution in [0.5, 0.6) is 11.5 Å². The number of phenols is 1. The lowest BCUT2D eigenvalue weighted by atomic mass is 9.79. The molecule has 0 spiro atoms. The minimum absolute atomic E-state index is 0.0104. The fourth-order valence-electron chi connectivity index (χ4n) is 3.70. The lowest BCUT2D eigenvalue weighted by molar-refractivity contribution is -0.118. The van der Waals surface area contributed by atoms with Gasteiger partial charge in [0.1, 0.15) is 11.6 Å². The Morgan fingerprint density at radius 2 is 2.06 bits per heavy atom. The lowest BCUT2D eigenvalue weighted by Crippen LogP contribution is -2.22. The van der Waals surface area contributed by atoms with Crippen LogP contribution in [0.2, 0.25) is 0 Å². The standard InChI is InChI=1S/C24H25FN4O5/c1-33-24(32)14-5-8-19(30)17(9-14)29-21(31)12-34-23-15(13-3-2-4-13)6-7-16(22(23)25)18-10-28-20(26)11-27-18/h5-11,13,24,30,32H,2-4,12H2,1H3,(H2,26,28)(H,29,31). The van der Waals surface area contributed by atoms with Gasteiger partial charge in [-0.15, -0.1) is 0 Å². The highest BCUT2D eigenvalue weighted by molar-refractivity contribution is 5.93. The minimum atomic E-state index is -1.22. The Balaban J connectivity index is 1.55. The number of anilines is 2. The molecule has 0 bridgehead atoms. The zero-order valence-corrected chi connectivity index (χ0v) is 18.5. The van der Waals surface area contributed by atoms with Gasteiger partial charge in [0.15, 0.2) is 24.5 Å². The normalized spacial score (nSPS) is 14.3. The molecule has 0 aliphatic heterocycles. The van der Waals surface area contributed by atoms with Gasteiger partial charge in [0, 0.05) is 23.8 Å². The Labute approximate surface area is 195 Å². The van der Waals surface area contributed by atoms with E-state index < -0.39 is 24.6 Å². The molecular formula is C24H25FN4O5. The SMILES string of the molecule is COC(O)c1ccc(O)c(NC(=O)COc2c(C3CCC3)ccc(-c3cnc(N)cn3)c2F)c1. The first-order valence-corrected chi connectivity index (χ1v) is 10.7. The average molecular weight is 468 g/mol. The molecule has 3 aromatic rings. The molecule has 1 fully saturated rings. The molecule has 0 saturated heterocycles.